The lowest BCUT2D eigenvalue weighted by Crippen LogP contribution is -2.41. The van der Waals surface area contributed by atoms with E-state index in [1.165, 1.54) is 25.2 Å². The van der Waals surface area contributed by atoms with E-state index in [4.69, 9.17) is 11.6 Å². The van der Waals surface area contributed by atoms with Gasteiger partial charge in [0.1, 0.15) is 6.54 Å². The monoisotopic (exact) mass is 386 g/mol. The van der Waals surface area contributed by atoms with E-state index in [-0.39, 0.29) is 5.56 Å². The molecule has 0 aliphatic heterocycles. The molecule has 0 bridgehead atoms. The fourth-order valence-corrected chi connectivity index (χ4v) is 2.26. The summed E-state index contributed by atoms with van der Waals surface area (Å²) in [5, 5.41) is 2.11. The summed E-state index contributed by atoms with van der Waals surface area (Å²) in [6, 6.07) is 4.46. The third-order valence-electron chi connectivity index (χ3n) is 2.38. The van der Waals surface area contributed by atoms with Gasteiger partial charge < -0.3 is 10.2 Å². The summed E-state index contributed by atoms with van der Waals surface area (Å²) in [5.41, 5.74) is 0.255. The SMILES string of the molecule is CN(CC(=O)NCC(F)(F)F)C(=O)c1ccc(Cl)cc1Br. The summed E-state index contributed by atoms with van der Waals surface area (Å²) in [6.07, 6.45) is -4.49. The third-order valence-corrected chi connectivity index (χ3v) is 3.27. The average molecular weight is 388 g/mol. The van der Waals surface area contributed by atoms with Gasteiger partial charge in [-0.2, -0.15) is 13.2 Å². The molecular weight excluding hydrogens is 376 g/mol. The first-order valence-electron chi connectivity index (χ1n) is 5.64. The van der Waals surface area contributed by atoms with Crippen LogP contribution in [0.25, 0.3) is 0 Å². The summed E-state index contributed by atoms with van der Waals surface area (Å²) >= 11 is 8.90. The molecule has 0 saturated carbocycles. The summed E-state index contributed by atoms with van der Waals surface area (Å²) < 4.78 is 36.3. The highest BCUT2D eigenvalue weighted by atomic mass is 79.9. The molecule has 4 nitrogen and oxygen atoms in total. The quantitative estimate of drug-likeness (QED) is 0.864. The lowest BCUT2D eigenvalue weighted by Gasteiger charge is -2.18. The number of benzene rings is 1. The number of carbonyl (C=O) groups is 2. The lowest BCUT2D eigenvalue weighted by atomic mass is 10.2. The molecule has 1 N–H and O–H groups in total. The Balaban J connectivity index is 2.64. The van der Waals surface area contributed by atoms with Crippen LogP contribution < -0.4 is 5.32 Å². The molecule has 0 saturated heterocycles. The van der Waals surface area contributed by atoms with Gasteiger partial charge in [-0.25, -0.2) is 0 Å². The number of halogens is 5. The molecule has 1 rings (SSSR count). The van der Waals surface area contributed by atoms with Crippen molar-refractivity contribution in [1.29, 1.82) is 0 Å². The Bertz CT molecular complexity index is 552. The van der Waals surface area contributed by atoms with E-state index in [1.807, 2.05) is 0 Å². The maximum absolute atomic E-state index is 12.1. The number of rotatable bonds is 4. The zero-order valence-electron chi connectivity index (χ0n) is 10.8. The van der Waals surface area contributed by atoms with Gasteiger partial charge in [-0.1, -0.05) is 11.6 Å². The van der Waals surface area contributed by atoms with Gasteiger partial charge in [0.2, 0.25) is 5.91 Å². The molecule has 0 radical (unpaired) electrons. The molecule has 2 amide bonds. The van der Waals surface area contributed by atoms with Gasteiger partial charge in [-0.3, -0.25) is 9.59 Å². The van der Waals surface area contributed by atoms with E-state index in [0.29, 0.717) is 9.50 Å². The van der Waals surface area contributed by atoms with Crippen LogP contribution >= 0.6 is 27.5 Å². The molecule has 0 heterocycles. The van der Waals surface area contributed by atoms with Crippen LogP contribution in [0.1, 0.15) is 10.4 Å². The van der Waals surface area contributed by atoms with Crippen LogP contribution in [0.4, 0.5) is 13.2 Å². The lowest BCUT2D eigenvalue weighted by molar-refractivity contribution is -0.138. The predicted molar refractivity (Wildman–Crippen MR) is 75.2 cm³/mol. The van der Waals surface area contributed by atoms with E-state index in [0.717, 1.165) is 4.90 Å². The van der Waals surface area contributed by atoms with Crippen molar-refractivity contribution in [1.82, 2.24) is 10.2 Å². The maximum atomic E-state index is 12.1. The predicted octanol–water partition coefficient (Wildman–Crippen LogP) is 2.85. The highest BCUT2D eigenvalue weighted by molar-refractivity contribution is 9.10. The molecule has 0 fully saturated rings. The molecule has 116 valence electrons. The van der Waals surface area contributed by atoms with Gasteiger partial charge in [-0.05, 0) is 34.1 Å². The fourth-order valence-electron chi connectivity index (χ4n) is 1.41. The molecule has 0 spiro atoms. The first kappa shape index (κ1) is 17.8. The first-order valence-corrected chi connectivity index (χ1v) is 6.81. The van der Waals surface area contributed by atoms with Crippen molar-refractivity contribution < 1.29 is 22.8 Å². The van der Waals surface area contributed by atoms with E-state index in [9.17, 15) is 22.8 Å². The van der Waals surface area contributed by atoms with Gasteiger partial charge in [0, 0.05) is 16.5 Å². The van der Waals surface area contributed by atoms with Crippen molar-refractivity contribution in [2.45, 2.75) is 6.18 Å². The van der Waals surface area contributed by atoms with Crippen molar-refractivity contribution >= 4 is 39.3 Å². The molecule has 9 heteroatoms. The Morgan fingerprint density at radius 2 is 2.00 bits per heavy atom. The van der Waals surface area contributed by atoms with E-state index in [1.54, 1.807) is 5.32 Å². The number of amides is 2. The first-order chi connectivity index (χ1) is 9.60. The molecule has 0 unspecified atom stereocenters. The second kappa shape index (κ2) is 7.13. The van der Waals surface area contributed by atoms with Crippen LogP contribution in [-0.2, 0) is 4.79 Å². The molecular formula is C12H11BrClF3N2O2. The number of likely N-dealkylation sites (N-methyl/N-ethyl adjacent to an activating group) is 1. The minimum absolute atomic E-state index is 0.255. The molecule has 0 atom stereocenters. The van der Waals surface area contributed by atoms with E-state index < -0.39 is 31.1 Å². The number of hydrogen-bond acceptors (Lipinski definition) is 2. The number of hydrogen-bond donors (Lipinski definition) is 1. The maximum Gasteiger partial charge on any atom is 0.405 e. The zero-order valence-corrected chi connectivity index (χ0v) is 13.1. The smallest absolute Gasteiger partial charge is 0.345 e. The molecule has 1 aromatic carbocycles. The average Bonchev–Trinajstić information content (AvgIpc) is 2.34. The highest BCUT2D eigenvalue weighted by Crippen LogP contribution is 2.22. The number of carbonyl (C=O) groups excluding carboxylic acids is 2. The Kier molecular flexibility index (Phi) is 6.03. The van der Waals surface area contributed by atoms with Crippen LogP contribution in [0.5, 0.6) is 0 Å². The highest BCUT2D eigenvalue weighted by Gasteiger charge is 2.28. The van der Waals surface area contributed by atoms with Crippen molar-refractivity contribution in [3.05, 3.63) is 33.3 Å². The minimum atomic E-state index is -4.49. The Morgan fingerprint density at radius 1 is 1.38 bits per heavy atom. The van der Waals surface area contributed by atoms with Crippen LogP contribution in [0.15, 0.2) is 22.7 Å². The van der Waals surface area contributed by atoms with E-state index in [2.05, 4.69) is 15.9 Å². The second-order valence-corrected chi connectivity index (χ2v) is 5.47. The van der Waals surface area contributed by atoms with E-state index >= 15 is 0 Å². The Morgan fingerprint density at radius 3 is 2.52 bits per heavy atom. The Labute approximate surface area is 132 Å². The van der Waals surface area contributed by atoms with Crippen molar-refractivity contribution in [3.63, 3.8) is 0 Å². The van der Waals surface area contributed by atoms with Gasteiger partial charge in [-0.15, -0.1) is 0 Å². The molecule has 21 heavy (non-hydrogen) atoms. The van der Waals surface area contributed by atoms with Crippen LogP contribution in [0.2, 0.25) is 5.02 Å². The summed E-state index contributed by atoms with van der Waals surface area (Å²) in [4.78, 5) is 24.4. The van der Waals surface area contributed by atoms with Crippen molar-refractivity contribution in [2.24, 2.45) is 0 Å². The summed E-state index contributed by atoms with van der Waals surface area (Å²) in [5.74, 6) is -1.41. The zero-order chi connectivity index (χ0) is 16.2. The topological polar surface area (TPSA) is 49.4 Å². The van der Waals surface area contributed by atoms with Gasteiger partial charge >= 0.3 is 6.18 Å². The normalized spacial score (nSPS) is 11.1. The number of alkyl halides is 3. The second-order valence-electron chi connectivity index (χ2n) is 4.18. The molecule has 0 aliphatic rings. The van der Waals surface area contributed by atoms with Gasteiger partial charge in [0.05, 0.1) is 12.1 Å². The summed E-state index contributed by atoms with van der Waals surface area (Å²) in [6.45, 7) is -1.91. The largest absolute Gasteiger partial charge is 0.405 e. The fraction of sp³-hybridized carbons (Fsp3) is 0.333. The van der Waals surface area contributed by atoms with Crippen LogP contribution in [-0.4, -0.2) is 43.0 Å². The van der Waals surface area contributed by atoms with Crippen molar-refractivity contribution in [2.75, 3.05) is 20.1 Å². The summed E-state index contributed by atoms with van der Waals surface area (Å²) in [7, 11) is 1.32. The van der Waals surface area contributed by atoms with Crippen LogP contribution in [0, 0.1) is 0 Å². The standard InChI is InChI=1S/C12H11BrClF3N2O2/c1-19(5-10(20)18-6-12(15,16)17)11(21)8-3-2-7(14)4-9(8)13/h2-4H,5-6H2,1H3,(H,18,20). The van der Waals surface area contributed by atoms with Gasteiger partial charge in [0.25, 0.3) is 5.91 Å². The number of nitrogens with one attached hydrogen (secondary N) is 1. The number of nitrogens with zero attached hydrogens (tertiary/aromatic N) is 1. The molecule has 0 aliphatic carbocycles. The molecule has 0 aromatic heterocycles. The van der Waals surface area contributed by atoms with Crippen LogP contribution in [0.3, 0.4) is 0 Å². The van der Waals surface area contributed by atoms with Gasteiger partial charge in [0.15, 0.2) is 0 Å². The molecule has 1 aromatic rings. The van der Waals surface area contributed by atoms with Crippen molar-refractivity contribution in [3.8, 4) is 0 Å². The minimum Gasteiger partial charge on any atom is -0.345 e. The third kappa shape index (κ3) is 5.92. The Hall–Kier alpha value is -1.28.